The summed E-state index contributed by atoms with van der Waals surface area (Å²) >= 11 is 0. The van der Waals surface area contributed by atoms with Crippen LogP contribution in [0.3, 0.4) is 0 Å². The third kappa shape index (κ3) is 5.70. The average Bonchev–Trinajstić information content (AvgIpc) is 3.18. The van der Waals surface area contributed by atoms with Gasteiger partial charge < -0.3 is 0 Å². The van der Waals surface area contributed by atoms with Crippen molar-refractivity contribution in [3.8, 4) is 0 Å². The van der Waals surface area contributed by atoms with E-state index >= 15 is 0 Å². The molecular weight excluding hydrogens is 480 g/mol. The summed E-state index contributed by atoms with van der Waals surface area (Å²) in [5, 5.41) is 4.80. The van der Waals surface area contributed by atoms with Crippen molar-refractivity contribution in [3.63, 3.8) is 0 Å². The van der Waals surface area contributed by atoms with E-state index in [0.29, 0.717) is 24.0 Å². The van der Waals surface area contributed by atoms with Crippen LogP contribution < -0.4 is 0 Å². The lowest BCUT2D eigenvalue weighted by Crippen LogP contribution is -2.46. The lowest BCUT2D eigenvalue weighted by atomic mass is 9.99. The number of hydrogen-bond acceptors (Lipinski definition) is 8. The molecule has 0 saturated carbocycles. The van der Waals surface area contributed by atoms with Crippen molar-refractivity contribution in [2.75, 3.05) is 6.54 Å². The summed E-state index contributed by atoms with van der Waals surface area (Å²) in [6.45, 7) is 9.83. The van der Waals surface area contributed by atoms with E-state index in [0.717, 1.165) is 15.4 Å². The zero-order valence-electron chi connectivity index (χ0n) is 22.0. The lowest BCUT2D eigenvalue weighted by molar-refractivity contribution is -0.521. The normalized spacial score (nSPS) is 17.5. The van der Waals surface area contributed by atoms with Crippen molar-refractivity contribution in [1.29, 1.82) is 0 Å². The van der Waals surface area contributed by atoms with Crippen LogP contribution in [-0.4, -0.2) is 52.0 Å². The van der Waals surface area contributed by atoms with Crippen LogP contribution >= 0.6 is 0 Å². The fraction of sp³-hybridized carbons (Fsp3) is 0.444. The molecule has 1 unspecified atom stereocenters. The van der Waals surface area contributed by atoms with E-state index in [2.05, 4.69) is 0 Å². The third-order valence-corrected chi connectivity index (χ3v) is 6.86. The highest BCUT2D eigenvalue weighted by Gasteiger charge is 2.43. The minimum atomic E-state index is -1.28. The molecule has 0 spiro atoms. The van der Waals surface area contributed by atoms with Gasteiger partial charge in [-0.1, -0.05) is 30.3 Å². The summed E-state index contributed by atoms with van der Waals surface area (Å²) in [7, 11) is 0. The first-order valence-corrected chi connectivity index (χ1v) is 12.1. The first-order chi connectivity index (χ1) is 17.4. The van der Waals surface area contributed by atoms with Gasteiger partial charge in [-0.05, 0) is 71.4 Å². The van der Waals surface area contributed by atoms with E-state index in [4.69, 9.17) is 14.8 Å². The van der Waals surface area contributed by atoms with Gasteiger partial charge >= 0.3 is 5.97 Å². The number of hydrogen-bond donors (Lipinski definition) is 0. The van der Waals surface area contributed by atoms with Gasteiger partial charge in [0.1, 0.15) is 11.6 Å². The van der Waals surface area contributed by atoms with Crippen molar-refractivity contribution in [2.24, 2.45) is 0 Å². The maximum atomic E-state index is 13.0. The van der Waals surface area contributed by atoms with Crippen LogP contribution in [0.15, 0.2) is 52.6 Å². The average molecular weight is 513 g/mol. The Morgan fingerprint density at radius 2 is 1.32 bits per heavy atom. The highest BCUT2D eigenvalue weighted by Crippen LogP contribution is 2.27. The van der Waals surface area contributed by atoms with Crippen molar-refractivity contribution in [3.05, 3.63) is 58.2 Å². The Balaban J connectivity index is 1.64. The first-order valence-electron chi connectivity index (χ1n) is 12.1. The van der Waals surface area contributed by atoms with Gasteiger partial charge in [0, 0.05) is 28.8 Å². The molecule has 3 rings (SSSR count). The van der Waals surface area contributed by atoms with Crippen LogP contribution in [0.2, 0.25) is 0 Å². The van der Waals surface area contributed by atoms with Crippen LogP contribution in [-0.2, 0) is 44.4 Å². The van der Waals surface area contributed by atoms with Gasteiger partial charge in [-0.2, -0.15) is 4.89 Å². The maximum absolute atomic E-state index is 13.0. The Labute approximate surface area is 215 Å². The largest absolute Gasteiger partial charge is 0.368 e. The van der Waals surface area contributed by atoms with Gasteiger partial charge in [0.25, 0.3) is 23.6 Å². The Kier molecular flexibility index (Phi) is 8.45. The summed E-state index contributed by atoms with van der Waals surface area (Å²) in [5.41, 5.74) is 1.13. The predicted octanol–water partition coefficient (Wildman–Crippen LogP) is 3.28. The topological polar surface area (TPSA) is 120 Å². The molecule has 1 aromatic carbocycles. The van der Waals surface area contributed by atoms with E-state index in [1.807, 2.05) is 30.3 Å². The second-order valence-corrected chi connectivity index (χ2v) is 9.68. The van der Waals surface area contributed by atoms with E-state index in [-0.39, 0.29) is 35.9 Å². The highest BCUT2D eigenvalue weighted by atomic mass is 17.5. The van der Waals surface area contributed by atoms with Crippen molar-refractivity contribution >= 4 is 29.6 Å². The van der Waals surface area contributed by atoms with E-state index in [1.165, 1.54) is 13.8 Å². The Morgan fingerprint density at radius 1 is 0.811 bits per heavy atom. The molecule has 0 saturated heterocycles. The second-order valence-electron chi connectivity index (χ2n) is 9.68. The Morgan fingerprint density at radius 3 is 1.86 bits per heavy atom. The summed E-state index contributed by atoms with van der Waals surface area (Å²) in [4.78, 5) is 75.2. The molecule has 4 amide bonds. The van der Waals surface area contributed by atoms with Gasteiger partial charge in [0.05, 0.1) is 0 Å². The van der Waals surface area contributed by atoms with E-state index in [9.17, 15) is 24.0 Å². The molecule has 0 radical (unpaired) electrons. The van der Waals surface area contributed by atoms with Crippen LogP contribution in [0.25, 0.3) is 0 Å². The number of carbonyl (C=O) groups is 5. The molecule has 198 valence electrons. The quantitative estimate of drug-likeness (QED) is 0.192. The molecule has 0 bridgehead atoms. The standard InChI is InChI=1S/C27H32N2O8/c1-16-17(2)23(31)28(22(16)30)15-11-10-14-21(29-24(32)18(3)19(4)25(29)33)26(34)35-37-36-27(5,6)20-12-8-7-9-13-20/h7-9,12-13,21H,10-11,14-15H2,1-6H3. The Bertz CT molecular complexity index is 1130. The molecule has 2 heterocycles. The smallest absolute Gasteiger partial charge is 0.275 e. The zero-order chi connectivity index (χ0) is 27.5. The number of amides is 4. The monoisotopic (exact) mass is 512 g/mol. The molecule has 1 aromatic rings. The molecule has 37 heavy (non-hydrogen) atoms. The van der Waals surface area contributed by atoms with Crippen molar-refractivity contribution in [2.45, 2.75) is 72.4 Å². The van der Waals surface area contributed by atoms with Crippen LogP contribution in [0.4, 0.5) is 0 Å². The lowest BCUT2D eigenvalue weighted by Gasteiger charge is -2.26. The Hall–Kier alpha value is -3.63. The number of nitrogens with zero attached hydrogens (tertiary/aromatic N) is 2. The molecule has 2 aliphatic heterocycles. The van der Waals surface area contributed by atoms with Crippen LogP contribution in [0.5, 0.6) is 0 Å². The van der Waals surface area contributed by atoms with Crippen LogP contribution in [0.1, 0.15) is 66.4 Å². The molecule has 10 nitrogen and oxygen atoms in total. The summed E-state index contributed by atoms with van der Waals surface area (Å²) < 4.78 is 0. The number of carbonyl (C=O) groups excluding carboxylic acids is 5. The number of benzene rings is 1. The number of rotatable bonds is 11. The molecular formula is C27H32N2O8. The third-order valence-electron chi connectivity index (χ3n) is 6.86. The SMILES string of the molecule is CC1=C(C)C(=O)N(CCCCC(C(=O)OOOC(C)(C)c2ccccc2)N2C(=O)C(C)=C(C)C2=O)C1=O. The highest BCUT2D eigenvalue weighted by molar-refractivity contribution is 6.20. The molecule has 10 heteroatoms. The van der Waals surface area contributed by atoms with Gasteiger partial charge in [0.2, 0.25) is 0 Å². The zero-order valence-corrected chi connectivity index (χ0v) is 22.0. The second kappa shape index (κ2) is 11.2. The summed E-state index contributed by atoms with van der Waals surface area (Å²) in [6.07, 6.45) is 0.728. The maximum Gasteiger partial charge on any atom is 0.368 e. The fourth-order valence-corrected chi connectivity index (χ4v) is 4.12. The summed E-state index contributed by atoms with van der Waals surface area (Å²) in [5.74, 6) is -2.84. The van der Waals surface area contributed by atoms with Crippen molar-refractivity contribution < 1.29 is 38.8 Å². The molecule has 2 aliphatic rings. The van der Waals surface area contributed by atoms with Crippen molar-refractivity contribution in [1.82, 2.24) is 9.80 Å². The van der Waals surface area contributed by atoms with E-state index < -0.39 is 29.4 Å². The molecule has 0 N–H and O–H groups in total. The molecule has 1 atom stereocenters. The predicted molar refractivity (Wildman–Crippen MR) is 131 cm³/mol. The first kappa shape index (κ1) is 27.9. The van der Waals surface area contributed by atoms with Gasteiger partial charge in [0.15, 0.2) is 0 Å². The van der Waals surface area contributed by atoms with Gasteiger partial charge in [-0.3, -0.25) is 33.9 Å². The fourth-order valence-electron chi connectivity index (χ4n) is 4.12. The van der Waals surface area contributed by atoms with Crippen LogP contribution in [0, 0.1) is 0 Å². The summed E-state index contributed by atoms with van der Waals surface area (Å²) in [6, 6.07) is 7.87. The molecule has 0 aromatic heterocycles. The molecule has 0 aliphatic carbocycles. The minimum absolute atomic E-state index is 0.0456. The van der Waals surface area contributed by atoms with Gasteiger partial charge in [-0.15, -0.1) is 0 Å². The number of unbranched alkanes of at least 4 members (excludes halogenated alkanes) is 1. The molecule has 0 fully saturated rings. The minimum Gasteiger partial charge on any atom is -0.275 e. The number of imide groups is 2. The van der Waals surface area contributed by atoms with Gasteiger partial charge in [-0.25, -0.2) is 4.79 Å². The van der Waals surface area contributed by atoms with E-state index in [1.54, 1.807) is 27.7 Å².